The van der Waals surface area contributed by atoms with Crippen LogP contribution >= 0.6 is 0 Å². The predicted octanol–water partition coefficient (Wildman–Crippen LogP) is 3.99. The number of rotatable bonds is 3. The van der Waals surface area contributed by atoms with E-state index in [2.05, 4.69) is 0 Å². The van der Waals surface area contributed by atoms with Gasteiger partial charge in [-0.2, -0.15) is 0 Å². The number of carbonyl (C=O) groups is 1. The standard InChI is InChI=1S/C18H17NO3/c1-12(20)19-11-16(14-6-4-5-7-17(14)19)15-9-8-13(21-2)10-18(15)22-3/h4-11H,1-3H3. The molecule has 0 saturated heterocycles. The Morgan fingerprint density at radius 1 is 1.00 bits per heavy atom. The Balaban J connectivity index is 2.29. The van der Waals surface area contributed by atoms with Crippen molar-refractivity contribution in [2.45, 2.75) is 6.92 Å². The van der Waals surface area contributed by atoms with Gasteiger partial charge in [0.15, 0.2) is 0 Å². The lowest BCUT2D eigenvalue weighted by atomic mass is 10.0. The van der Waals surface area contributed by atoms with E-state index in [-0.39, 0.29) is 5.91 Å². The van der Waals surface area contributed by atoms with E-state index in [9.17, 15) is 4.79 Å². The van der Waals surface area contributed by atoms with Crippen molar-refractivity contribution < 1.29 is 14.3 Å². The van der Waals surface area contributed by atoms with Gasteiger partial charge in [-0.25, -0.2) is 0 Å². The highest BCUT2D eigenvalue weighted by Gasteiger charge is 2.15. The Morgan fingerprint density at radius 3 is 2.45 bits per heavy atom. The number of hydrogen-bond acceptors (Lipinski definition) is 3. The van der Waals surface area contributed by atoms with Gasteiger partial charge >= 0.3 is 0 Å². The van der Waals surface area contributed by atoms with Crippen LogP contribution in [0.1, 0.15) is 11.7 Å². The Labute approximate surface area is 128 Å². The van der Waals surface area contributed by atoms with Gasteiger partial charge in [-0.3, -0.25) is 9.36 Å². The van der Waals surface area contributed by atoms with Crippen molar-refractivity contribution in [3.05, 3.63) is 48.7 Å². The Kier molecular flexibility index (Phi) is 3.59. The van der Waals surface area contributed by atoms with Gasteiger partial charge in [0.05, 0.1) is 19.7 Å². The van der Waals surface area contributed by atoms with Gasteiger partial charge in [-0.15, -0.1) is 0 Å². The van der Waals surface area contributed by atoms with E-state index in [1.54, 1.807) is 25.7 Å². The minimum atomic E-state index is -0.0186. The largest absolute Gasteiger partial charge is 0.497 e. The van der Waals surface area contributed by atoms with E-state index in [4.69, 9.17) is 9.47 Å². The van der Waals surface area contributed by atoms with Gasteiger partial charge < -0.3 is 9.47 Å². The van der Waals surface area contributed by atoms with Crippen LogP contribution < -0.4 is 9.47 Å². The van der Waals surface area contributed by atoms with Crippen molar-refractivity contribution >= 4 is 16.8 Å². The van der Waals surface area contributed by atoms with Crippen molar-refractivity contribution in [2.24, 2.45) is 0 Å². The average molecular weight is 295 g/mol. The van der Waals surface area contributed by atoms with Crippen LogP contribution in [0.4, 0.5) is 0 Å². The van der Waals surface area contributed by atoms with Crippen LogP contribution in [0.15, 0.2) is 48.7 Å². The van der Waals surface area contributed by atoms with Crippen LogP contribution in [0.25, 0.3) is 22.0 Å². The highest BCUT2D eigenvalue weighted by Crippen LogP contribution is 2.38. The number of para-hydroxylation sites is 1. The molecule has 0 amide bonds. The summed E-state index contributed by atoms with van der Waals surface area (Å²) in [6.45, 7) is 1.56. The molecule has 0 aliphatic heterocycles. The highest BCUT2D eigenvalue weighted by atomic mass is 16.5. The Bertz CT molecular complexity index is 849. The fraction of sp³-hybridized carbons (Fsp3) is 0.167. The maximum absolute atomic E-state index is 11.9. The van der Waals surface area contributed by atoms with E-state index in [0.29, 0.717) is 5.75 Å². The average Bonchev–Trinajstić information content (AvgIpc) is 2.94. The van der Waals surface area contributed by atoms with E-state index >= 15 is 0 Å². The molecule has 3 aromatic rings. The molecule has 0 radical (unpaired) electrons. The molecule has 0 fully saturated rings. The lowest BCUT2D eigenvalue weighted by molar-refractivity contribution is 0.0941. The molecule has 112 valence electrons. The van der Waals surface area contributed by atoms with Crippen molar-refractivity contribution in [3.63, 3.8) is 0 Å². The van der Waals surface area contributed by atoms with E-state index in [1.807, 2.05) is 48.7 Å². The lowest BCUT2D eigenvalue weighted by Gasteiger charge is -2.09. The Morgan fingerprint density at radius 2 is 1.77 bits per heavy atom. The number of fused-ring (bicyclic) bond motifs is 1. The first kappa shape index (κ1) is 14.2. The third-order valence-electron chi connectivity index (χ3n) is 3.75. The summed E-state index contributed by atoms with van der Waals surface area (Å²) in [7, 11) is 3.25. The molecule has 3 rings (SSSR count). The summed E-state index contributed by atoms with van der Waals surface area (Å²) in [6, 6.07) is 13.5. The number of hydrogen-bond donors (Lipinski definition) is 0. The fourth-order valence-electron chi connectivity index (χ4n) is 2.68. The molecule has 2 aromatic carbocycles. The van der Waals surface area contributed by atoms with Gasteiger partial charge in [-0.05, 0) is 18.2 Å². The molecule has 1 aromatic heterocycles. The topological polar surface area (TPSA) is 40.5 Å². The number of nitrogens with zero attached hydrogens (tertiary/aromatic N) is 1. The van der Waals surface area contributed by atoms with E-state index < -0.39 is 0 Å². The van der Waals surface area contributed by atoms with Gasteiger partial charge in [0.25, 0.3) is 0 Å². The first-order valence-electron chi connectivity index (χ1n) is 6.99. The minimum Gasteiger partial charge on any atom is -0.497 e. The quantitative estimate of drug-likeness (QED) is 0.733. The molecule has 22 heavy (non-hydrogen) atoms. The second-order valence-corrected chi connectivity index (χ2v) is 5.02. The van der Waals surface area contributed by atoms with Crippen molar-refractivity contribution in [3.8, 4) is 22.6 Å². The lowest BCUT2D eigenvalue weighted by Crippen LogP contribution is -2.02. The summed E-state index contributed by atoms with van der Waals surface area (Å²) in [5, 5.41) is 1.01. The summed E-state index contributed by atoms with van der Waals surface area (Å²) in [6.07, 6.45) is 1.86. The molecule has 4 nitrogen and oxygen atoms in total. The van der Waals surface area contributed by atoms with Gasteiger partial charge in [0.1, 0.15) is 11.5 Å². The predicted molar refractivity (Wildman–Crippen MR) is 86.8 cm³/mol. The first-order chi connectivity index (χ1) is 10.7. The van der Waals surface area contributed by atoms with Crippen molar-refractivity contribution in [1.29, 1.82) is 0 Å². The summed E-state index contributed by atoms with van der Waals surface area (Å²) in [4.78, 5) is 11.9. The van der Waals surface area contributed by atoms with Gasteiger partial charge in [0.2, 0.25) is 5.91 Å². The molecule has 0 aliphatic rings. The zero-order valence-corrected chi connectivity index (χ0v) is 12.8. The Hall–Kier alpha value is -2.75. The molecule has 0 spiro atoms. The van der Waals surface area contributed by atoms with Gasteiger partial charge in [-0.1, -0.05) is 18.2 Å². The fourth-order valence-corrected chi connectivity index (χ4v) is 2.68. The first-order valence-corrected chi connectivity index (χ1v) is 6.99. The van der Waals surface area contributed by atoms with E-state index in [1.165, 1.54) is 0 Å². The SMILES string of the molecule is COc1ccc(-c2cn(C(C)=O)c3ccccc23)c(OC)c1. The number of benzene rings is 2. The number of aromatic nitrogens is 1. The summed E-state index contributed by atoms with van der Waals surface area (Å²) in [5.41, 5.74) is 2.78. The summed E-state index contributed by atoms with van der Waals surface area (Å²) >= 11 is 0. The molecular formula is C18H17NO3. The summed E-state index contributed by atoms with van der Waals surface area (Å²) in [5.74, 6) is 1.43. The highest BCUT2D eigenvalue weighted by molar-refractivity contribution is 6.02. The third kappa shape index (κ3) is 2.22. The normalized spacial score (nSPS) is 10.7. The molecule has 0 saturated carbocycles. The van der Waals surface area contributed by atoms with Crippen LogP contribution in [-0.2, 0) is 0 Å². The van der Waals surface area contributed by atoms with Crippen LogP contribution in [-0.4, -0.2) is 24.7 Å². The maximum atomic E-state index is 11.9. The summed E-state index contributed by atoms with van der Waals surface area (Å²) < 4.78 is 12.4. The number of methoxy groups -OCH3 is 2. The molecule has 0 aliphatic carbocycles. The van der Waals surface area contributed by atoms with Crippen LogP contribution in [0.2, 0.25) is 0 Å². The third-order valence-corrected chi connectivity index (χ3v) is 3.75. The smallest absolute Gasteiger partial charge is 0.227 e. The van der Waals surface area contributed by atoms with Crippen LogP contribution in [0.3, 0.4) is 0 Å². The van der Waals surface area contributed by atoms with Crippen molar-refractivity contribution in [2.75, 3.05) is 14.2 Å². The zero-order chi connectivity index (χ0) is 15.7. The molecular weight excluding hydrogens is 278 g/mol. The monoisotopic (exact) mass is 295 g/mol. The van der Waals surface area contributed by atoms with E-state index in [0.717, 1.165) is 27.8 Å². The molecule has 4 heteroatoms. The van der Waals surface area contributed by atoms with Crippen LogP contribution in [0.5, 0.6) is 11.5 Å². The molecule has 1 heterocycles. The zero-order valence-electron chi connectivity index (χ0n) is 12.8. The van der Waals surface area contributed by atoms with Gasteiger partial charge in [0, 0.05) is 35.7 Å². The van der Waals surface area contributed by atoms with Crippen LogP contribution in [0, 0.1) is 0 Å². The second-order valence-electron chi connectivity index (χ2n) is 5.02. The molecule has 0 bridgehead atoms. The second kappa shape index (κ2) is 5.56. The minimum absolute atomic E-state index is 0.0186. The molecule has 0 atom stereocenters. The number of ether oxygens (including phenoxy) is 2. The maximum Gasteiger partial charge on any atom is 0.227 e. The molecule has 0 unspecified atom stereocenters. The number of carbonyl (C=O) groups excluding carboxylic acids is 1. The molecule has 0 N–H and O–H groups in total. The van der Waals surface area contributed by atoms with Crippen molar-refractivity contribution in [1.82, 2.24) is 4.57 Å².